The van der Waals surface area contributed by atoms with Crippen LogP contribution < -0.4 is 4.74 Å². The molecule has 2 heterocycles. The van der Waals surface area contributed by atoms with Crippen LogP contribution in [0.5, 0.6) is 5.75 Å². The second kappa shape index (κ2) is 8.11. The van der Waals surface area contributed by atoms with Crippen molar-refractivity contribution in [3.8, 4) is 16.9 Å². The van der Waals surface area contributed by atoms with Crippen LogP contribution in [0.4, 0.5) is 8.78 Å². The summed E-state index contributed by atoms with van der Waals surface area (Å²) < 4.78 is 35.3. The highest BCUT2D eigenvalue weighted by Gasteiger charge is 2.38. The summed E-state index contributed by atoms with van der Waals surface area (Å²) in [7, 11) is 0. The average molecular weight is 486 g/mol. The molecule has 36 heavy (non-hydrogen) atoms. The summed E-state index contributed by atoms with van der Waals surface area (Å²) in [6.07, 6.45) is 3.83. The predicted octanol–water partition coefficient (Wildman–Crippen LogP) is 6.08. The van der Waals surface area contributed by atoms with Crippen LogP contribution in [-0.2, 0) is 13.0 Å². The molecular weight excluding hydrogens is 460 g/mol. The molecule has 0 radical (unpaired) electrons. The summed E-state index contributed by atoms with van der Waals surface area (Å²) in [6, 6.07) is 12.0. The van der Waals surface area contributed by atoms with Crippen LogP contribution in [0.3, 0.4) is 0 Å². The first-order valence-electron chi connectivity index (χ1n) is 12.5. The Morgan fingerprint density at radius 1 is 1.03 bits per heavy atom. The quantitative estimate of drug-likeness (QED) is 0.306. The maximum Gasteiger partial charge on any atom is 0.171 e. The molecule has 182 valence electrons. The number of rotatable bonds is 5. The van der Waals surface area contributed by atoms with Gasteiger partial charge in [0, 0.05) is 28.3 Å². The largest absolute Gasteiger partial charge is 0.491 e. The fourth-order valence-corrected chi connectivity index (χ4v) is 5.99. The van der Waals surface area contributed by atoms with Gasteiger partial charge in [0.1, 0.15) is 17.4 Å². The molecule has 0 bridgehead atoms. The topological polar surface area (TPSA) is 68.6 Å². The van der Waals surface area contributed by atoms with E-state index in [0.717, 1.165) is 63.5 Å². The molecule has 0 amide bonds. The number of nitrogens with one attached hydrogen (secondary N) is 1. The Balaban J connectivity index is 1.38. The Hall–Kier alpha value is -3.81. The number of aryl methyl sites for hydroxylation is 2. The van der Waals surface area contributed by atoms with Gasteiger partial charge in [-0.2, -0.15) is 4.80 Å². The third kappa shape index (κ3) is 3.38. The van der Waals surface area contributed by atoms with Crippen LogP contribution in [0.1, 0.15) is 42.1 Å². The molecule has 7 rings (SSSR count). The number of hydrogen-bond donors (Lipinski definition) is 1. The highest BCUT2D eigenvalue weighted by atomic mass is 19.1. The number of ether oxygens (including phenoxy) is 1. The monoisotopic (exact) mass is 485 g/mol. The Kier molecular flexibility index (Phi) is 4.84. The molecule has 0 aliphatic heterocycles. The normalized spacial score (nSPS) is 18.4. The van der Waals surface area contributed by atoms with Crippen LogP contribution in [0.25, 0.3) is 32.9 Å². The van der Waals surface area contributed by atoms with E-state index in [0.29, 0.717) is 37.2 Å². The molecule has 6 nitrogen and oxygen atoms in total. The van der Waals surface area contributed by atoms with E-state index in [9.17, 15) is 8.78 Å². The maximum atomic E-state index is 14.5. The highest BCUT2D eigenvalue weighted by molar-refractivity contribution is 6.11. The molecule has 5 aromatic rings. The number of tetrazole rings is 1. The van der Waals surface area contributed by atoms with Gasteiger partial charge < -0.3 is 9.72 Å². The summed E-state index contributed by atoms with van der Waals surface area (Å²) in [6.45, 7) is 2.86. The second-order valence-electron chi connectivity index (χ2n) is 9.98. The zero-order chi connectivity index (χ0) is 24.4. The molecule has 2 aliphatic rings. The lowest BCUT2D eigenvalue weighted by molar-refractivity contribution is 0.250. The lowest BCUT2D eigenvalue weighted by Gasteiger charge is -2.36. The molecule has 3 aromatic carbocycles. The van der Waals surface area contributed by atoms with E-state index in [1.54, 1.807) is 29.1 Å². The van der Waals surface area contributed by atoms with Crippen LogP contribution >= 0.6 is 0 Å². The first-order valence-corrected chi connectivity index (χ1v) is 12.5. The van der Waals surface area contributed by atoms with Crippen LogP contribution in [0.15, 0.2) is 42.5 Å². The minimum atomic E-state index is -0.291. The van der Waals surface area contributed by atoms with Crippen molar-refractivity contribution in [1.29, 1.82) is 0 Å². The van der Waals surface area contributed by atoms with Crippen molar-refractivity contribution in [1.82, 2.24) is 25.2 Å². The van der Waals surface area contributed by atoms with Gasteiger partial charge in [0.15, 0.2) is 5.82 Å². The summed E-state index contributed by atoms with van der Waals surface area (Å²) in [4.78, 5) is 5.05. The van der Waals surface area contributed by atoms with Gasteiger partial charge in [0.05, 0.1) is 18.7 Å². The van der Waals surface area contributed by atoms with Gasteiger partial charge in [-0.1, -0.05) is 6.07 Å². The molecule has 2 aromatic heterocycles. The zero-order valence-electron chi connectivity index (χ0n) is 19.9. The summed E-state index contributed by atoms with van der Waals surface area (Å²) in [5.41, 5.74) is 5.93. The smallest absolute Gasteiger partial charge is 0.171 e. The SMILES string of the molecule is Cc1nnn(CCCOc2c3c(cc4c2[nH]c2ccc(F)cc24)-c2cc(F)ccc2C2CC[C@@H]2C3)n1. The van der Waals surface area contributed by atoms with E-state index in [1.807, 2.05) is 13.0 Å². The van der Waals surface area contributed by atoms with Gasteiger partial charge in [0.25, 0.3) is 0 Å². The van der Waals surface area contributed by atoms with E-state index in [-0.39, 0.29) is 11.6 Å². The van der Waals surface area contributed by atoms with Crippen LogP contribution in [0, 0.1) is 24.5 Å². The molecule has 1 fully saturated rings. The van der Waals surface area contributed by atoms with Gasteiger partial charge in [-0.15, -0.1) is 10.2 Å². The fraction of sp³-hybridized carbons (Fsp3) is 0.321. The van der Waals surface area contributed by atoms with Gasteiger partial charge in [-0.3, -0.25) is 0 Å². The van der Waals surface area contributed by atoms with Crippen LogP contribution in [0.2, 0.25) is 0 Å². The number of fused-ring (bicyclic) bond motifs is 8. The van der Waals surface area contributed by atoms with Gasteiger partial charge in [-0.25, -0.2) is 8.78 Å². The number of aromatic amines is 1. The molecule has 1 N–H and O–H groups in total. The molecule has 0 saturated heterocycles. The van der Waals surface area contributed by atoms with E-state index >= 15 is 0 Å². The lowest BCUT2D eigenvalue weighted by atomic mass is 9.68. The number of H-pyrrole nitrogens is 1. The minimum Gasteiger partial charge on any atom is -0.491 e. The number of hydrogen-bond acceptors (Lipinski definition) is 4. The van der Waals surface area contributed by atoms with Crippen molar-refractivity contribution in [3.05, 3.63) is 71.1 Å². The van der Waals surface area contributed by atoms with E-state index in [1.165, 1.54) is 11.6 Å². The van der Waals surface area contributed by atoms with Crippen molar-refractivity contribution in [2.24, 2.45) is 5.92 Å². The van der Waals surface area contributed by atoms with Gasteiger partial charge >= 0.3 is 0 Å². The molecule has 2 atom stereocenters. The summed E-state index contributed by atoms with van der Waals surface area (Å²) >= 11 is 0. The van der Waals surface area contributed by atoms with E-state index < -0.39 is 0 Å². The third-order valence-corrected chi connectivity index (χ3v) is 7.81. The first-order chi connectivity index (χ1) is 17.5. The standard InChI is InChI=1S/C28H25F2N5O/c1-15-32-34-35(33-15)9-2-10-36-28-25-11-16-3-6-19(16)20-7-4-17(29)12-21(20)22(25)14-24-23-13-18(30)5-8-26(23)31-27(24)28/h4-5,7-8,12-14,16,19,31H,2-3,6,9-11H2,1H3/t16-,19?/m1/s1. The average Bonchev–Trinajstić information content (AvgIpc) is 3.41. The van der Waals surface area contributed by atoms with Crippen molar-refractivity contribution in [2.45, 2.75) is 45.1 Å². The van der Waals surface area contributed by atoms with Crippen molar-refractivity contribution >= 4 is 21.8 Å². The van der Waals surface area contributed by atoms with Crippen LogP contribution in [-0.4, -0.2) is 31.8 Å². The number of halogens is 2. The summed E-state index contributed by atoms with van der Waals surface area (Å²) in [5.74, 6) is 1.80. The molecule has 1 saturated carbocycles. The first kappa shape index (κ1) is 21.5. The van der Waals surface area contributed by atoms with Crippen molar-refractivity contribution in [2.75, 3.05) is 6.61 Å². The van der Waals surface area contributed by atoms with Crippen molar-refractivity contribution < 1.29 is 13.5 Å². The molecule has 8 heteroatoms. The number of nitrogens with zero attached hydrogens (tertiary/aromatic N) is 4. The second-order valence-corrected chi connectivity index (χ2v) is 9.98. The fourth-order valence-electron chi connectivity index (χ4n) is 5.99. The number of benzene rings is 3. The Labute approximate surface area is 206 Å². The minimum absolute atomic E-state index is 0.249. The van der Waals surface area contributed by atoms with Gasteiger partial charge in [0.2, 0.25) is 0 Å². The molecular formula is C28H25F2N5O. The summed E-state index contributed by atoms with van der Waals surface area (Å²) in [5, 5.41) is 13.9. The Morgan fingerprint density at radius 2 is 1.89 bits per heavy atom. The third-order valence-electron chi connectivity index (χ3n) is 7.81. The molecule has 2 aliphatic carbocycles. The predicted molar refractivity (Wildman–Crippen MR) is 133 cm³/mol. The van der Waals surface area contributed by atoms with Gasteiger partial charge in [-0.05, 0) is 96.3 Å². The number of aromatic nitrogens is 5. The Morgan fingerprint density at radius 3 is 2.69 bits per heavy atom. The lowest BCUT2D eigenvalue weighted by Crippen LogP contribution is -2.25. The molecule has 0 spiro atoms. The molecule has 1 unspecified atom stereocenters. The maximum absolute atomic E-state index is 14.5. The zero-order valence-corrected chi connectivity index (χ0v) is 19.9. The van der Waals surface area contributed by atoms with Crippen molar-refractivity contribution in [3.63, 3.8) is 0 Å². The highest BCUT2D eigenvalue weighted by Crippen LogP contribution is 2.54. The Bertz CT molecular complexity index is 1640. The van der Waals surface area contributed by atoms with E-state index in [4.69, 9.17) is 4.74 Å². The van der Waals surface area contributed by atoms with E-state index in [2.05, 4.69) is 26.5 Å².